The lowest BCUT2D eigenvalue weighted by atomic mass is 10.1. The Kier molecular flexibility index (Phi) is 6.60. The first kappa shape index (κ1) is 21.7. The van der Waals surface area contributed by atoms with Gasteiger partial charge in [0.05, 0.1) is 4.92 Å². The smallest absolute Gasteiger partial charge is 0.293 e. The maximum absolute atomic E-state index is 12.9. The second-order valence-electron chi connectivity index (χ2n) is 7.87. The predicted molar refractivity (Wildman–Crippen MR) is 119 cm³/mol. The summed E-state index contributed by atoms with van der Waals surface area (Å²) in [5.74, 6) is -0.259. The van der Waals surface area contributed by atoms with Crippen molar-refractivity contribution >= 4 is 23.2 Å². The molecule has 2 aliphatic rings. The van der Waals surface area contributed by atoms with Crippen LogP contribution >= 0.6 is 0 Å². The minimum atomic E-state index is -0.440. The fourth-order valence-corrected chi connectivity index (χ4v) is 4.13. The molecule has 168 valence electrons. The van der Waals surface area contributed by atoms with Gasteiger partial charge in [0.25, 0.3) is 17.5 Å². The number of piperazine rings is 1. The number of rotatable bonds is 4. The van der Waals surface area contributed by atoms with E-state index in [4.69, 9.17) is 0 Å². The highest BCUT2D eigenvalue weighted by molar-refractivity contribution is 5.96. The lowest BCUT2D eigenvalue weighted by Crippen LogP contribution is -2.49. The number of hydrogen-bond acceptors (Lipinski definition) is 7. The van der Waals surface area contributed by atoms with Crippen LogP contribution in [0.4, 0.5) is 11.4 Å². The highest BCUT2D eigenvalue weighted by Crippen LogP contribution is 2.31. The van der Waals surface area contributed by atoms with Crippen LogP contribution in [0.2, 0.25) is 0 Å². The molecule has 2 fully saturated rings. The number of nitrogens with zero attached hydrogens (tertiary/aromatic N) is 5. The predicted octanol–water partition coefficient (Wildman–Crippen LogP) is 1.39. The van der Waals surface area contributed by atoms with Crippen molar-refractivity contribution in [3.8, 4) is 0 Å². The molecule has 10 nitrogen and oxygen atoms in total. The molecule has 0 radical (unpaired) electrons. The SMILES string of the molecule is O=C(c1ccc(N2CCN(C(=O)c3ccncc3)CC2)c([N+](=O)[O-])c1)N1CCCNCC1. The summed E-state index contributed by atoms with van der Waals surface area (Å²) in [5.41, 5.74) is 1.29. The number of pyridine rings is 1. The largest absolute Gasteiger partial charge is 0.362 e. The maximum Gasteiger partial charge on any atom is 0.293 e. The molecule has 1 aromatic carbocycles. The molecule has 4 rings (SSSR count). The molecule has 2 amide bonds. The van der Waals surface area contributed by atoms with Crippen LogP contribution in [-0.2, 0) is 0 Å². The van der Waals surface area contributed by atoms with Crippen molar-refractivity contribution in [1.29, 1.82) is 0 Å². The second-order valence-corrected chi connectivity index (χ2v) is 7.87. The quantitative estimate of drug-likeness (QED) is 0.567. The van der Waals surface area contributed by atoms with E-state index >= 15 is 0 Å². The summed E-state index contributed by atoms with van der Waals surface area (Å²) in [5, 5.41) is 15.0. The molecule has 0 aliphatic carbocycles. The van der Waals surface area contributed by atoms with E-state index in [1.54, 1.807) is 46.5 Å². The van der Waals surface area contributed by atoms with Crippen LogP contribution in [-0.4, -0.2) is 83.9 Å². The molecular weight excluding hydrogens is 412 g/mol. The summed E-state index contributed by atoms with van der Waals surface area (Å²) in [6.07, 6.45) is 4.02. The Morgan fingerprint density at radius 3 is 2.28 bits per heavy atom. The number of nitro groups is 1. The zero-order valence-corrected chi connectivity index (χ0v) is 17.8. The number of carbonyl (C=O) groups is 2. The van der Waals surface area contributed by atoms with Crippen LogP contribution in [0.5, 0.6) is 0 Å². The van der Waals surface area contributed by atoms with Gasteiger partial charge in [0.1, 0.15) is 5.69 Å². The Hall–Kier alpha value is -3.53. The molecule has 0 atom stereocenters. The van der Waals surface area contributed by atoms with Gasteiger partial charge in [-0.1, -0.05) is 0 Å². The first-order chi connectivity index (χ1) is 15.5. The molecule has 32 heavy (non-hydrogen) atoms. The third-order valence-electron chi connectivity index (χ3n) is 5.88. The molecule has 2 aliphatic heterocycles. The molecule has 10 heteroatoms. The fraction of sp³-hybridized carbons (Fsp3) is 0.409. The molecule has 2 aromatic rings. The van der Waals surface area contributed by atoms with Crippen LogP contribution in [0.3, 0.4) is 0 Å². The van der Waals surface area contributed by atoms with E-state index in [2.05, 4.69) is 10.3 Å². The first-order valence-corrected chi connectivity index (χ1v) is 10.8. The minimum absolute atomic E-state index is 0.0746. The van der Waals surface area contributed by atoms with Crippen LogP contribution in [0.25, 0.3) is 0 Å². The van der Waals surface area contributed by atoms with E-state index in [0.29, 0.717) is 62.6 Å². The van der Waals surface area contributed by atoms with Gasteiger partial charge in [-0.05, 0) is 37.2 Å². The van der Waals surface area contributed by atoms with Crippen LogP contribution in [0, 0.1) is 10.1 Å². The van der Waals surface area contributed by atoms with Gasteiger partial charge in [0, 0.05) is 75.4 Å². The summed E-state index contributed by atoms with van der Waals surface area (Å²) in [6.45, 7) is 4.66. The summed E-state index contributed by atoms with van der Waals surface area (Å²) in [4.78, 5) is 46.2. The number of aromatic nitrogens is 1. The van der Waals surface area contributed by atoms with E-state index < -0.39 is 4.92 Å². The third kappa shape index (κ3) is 4.70. The number of hydrogen-bond donors (Lipinski definition) is 1. The number of anilines is 1. The molecule has 0 spiro atoms. The maximum atomic E-state index is 12.9. The number of carbonyl (C=O) groups excluding carboxylic acids is 2. The van der Waals surface area contributed by atoms with Gasteiger partial charge >= 0.3 is 0 Å². The second kappa shape index (κ2) is 9.73. The highest BCUT2D eigenvalue weighted by Gasteiger charge is 2.28. The van der Waals surface area contributed by atoms with Crippen molar-refractivity contribution in [3.05, 3.63) is 64.0 Å². The number of benzene rings is 1. The van der Waals surface area contributed by atoms with Gasteiger partial charge in [-0.15, -0.1) is 0 Å². The lowest BCUT2D eigenvalue weighted by molar-refractivity contribution is -0.384. The average Bonchev–Trinajstić information content (AvgIpc) is 3.13. The van der Waals surface area contributed by atoms with Crippen LogP contribution in [0.1, 0.15) is 27.1 Å². The zero-order chi connectivity index (χ0) is 22.5. The average molecular weight is 438 g/mol. The fourth-order valence-electron chi connectivity index (χ4n) is 4.13. The van der Waals surface area contributed by atoms with Crippen molar-refractivity contribution in [1.82, 2.24) is 20.1 Å². The molecule has 1 N–H and O–H groups in total. The molecule has 0 unspecified atom stereocenters. The van der Waals surface area contributed by atoms with Gasteiger partial charge < -0.3 is 20.0 Å². The summed E-state index contributed by atoms with van der Waals surface area (Å²) in [7, 11) is 0. The van der Waals surface area contributed by atoms with Crippen molar-refractivity contribution in [3.63, 3.8) is 0 Å². The molecule has 3 heterocycles. The summed E-state index contributed by atoms with van der Waals surface area (Å²) < 4.78 is 0. The normalized spacial score (nSPS) is 17.1. The topological polar surface area (TPSA) is 112 Å². The van der Waals surface area contributed by atoms with Gasteiger partial charge in [-0.3, -0.25) is 24.7 Å². The Morgan fingerprint density at radius 1 is 0.875 bits per heavy atom. The van der Waals surface area contributed by atoms with E-state index in [1.807, 2.05) is 4.90 Å². The zero-order valence-electron chi connectivity index (χ0n) is 17.8. The van der Waals surface area contributed by atoms with Crippen molar-refractivity contribution < 1.29 is 14.5 Å². The standard InChI is InChI=1S/C22H26N6O4/c29-21(17-4-7-24-8-5-17)27-14-12-25(13-15-27)19-3-2-18(16-20(19)28(31)32)22(30)26-10-1-6-23-9-11-26/h2-5,7-8,16,23H,1,6,9-15H2. The Morgan fingerprint density at radius 2 is 1.56 bits per heavy atom. The molecule has 0 saturated carbocycles. The van der Waals surface area contributed by atoms with Gasteiger partial charge in [0.15, 0.2) is 0 Å². The van der Waals surface area contributed by atoms with E-state index in [-0.39, 0.29) is 17.5 Å². The Bertz CT molecular complexity index is 983. The van der Waals surface area contributed by atoms with E-state index in [1.165, 1.54) is 6.07 Å². The summed E-state index contributed by atoms with van der Waals surface area (Å²) >= 11 is 0. The van der Waals surface area contributed by atoms with Crippen LogP contribution < -0.4 is 10.2 Å². The van der Waals surface area contributed by atoms with Gasteiger partial charge in [-0.25, -0.2) is 0 Å². The molecule has 2 saturated heterocycles. The minimum Gasteiger partial charge on any atom is -0.362 e. The van der Waals surface area contributed by atoms with Crippen molar-refractivity contribution in [2.24, 2.45) is 0 Å². The molecular formula is C22H26N6O4. The number of nitrogens with one attached hydrogen (secondary N) is 1. The van der Waals surface area contributed by atoms with Crippen molar-refractivity contribution in [2.75, 3.05) is 57.3 Å². The third-order valence-corrected chi connectivity index (χ3v) is 5.88. The Balaban J connectivity index is 1.47. The Labute approximate surface area is 186 Å². The lowest BCUT2D eigenvalue weighted by Gasteiger charge is -2.36. The summed E-state index contributed by atoms with van der Waals surface area (Å²) in [6, 6.07) is 8.05. The number of amides is 2. The van der Waals surface area contributed by atoms with E-state index in [0.717, 1.165) is 13.0 Å². The van der Waals surface area contributed by atoms with Gasteiger partial charge in [0.2, 0.25) is 0 Å². The van der Waals surface area contributed by atoms with Crippen molar-refractivity contribution in [2.45, 2.75) is 6.42 Å². The highest BCUT2D eigenvalue weighted by atomic mass is 16.6. The van der Waals surface area contributed by atoms with Crippen LogP contribution in [0.15, 0.2) is 42.7 Å². The van der Waals surface area contributed by atoms with Gasteiger partial charge in [-0.2, -0.15) is 0 Å². The first-order valence-electron chi connectivity index (χ1n) is 10.8. The van der Waals surface area contributed by atoms with E-state index in [9.17, 15) is 19.7 Å². The molecule has 1 aromatic heterocycles. The monoisotopic (exact) mass is 438 g/mol. The number of nitro benzene ring substituents is 1. The molecule has 0 bridgehead atoms.